The smallest absolute Gasteiger partial charge is 0.251 e. The number of fused-ring (bicyclic) bond motifs is 2. The number of thioether (sulfide) groups is 1. The van der Waals surface area contributed by atoms with Crippen molar-refractivity contribution in [3.05, 3.63) is 39.3 Å². The number of benzene rings is 1. The van der Waals surface area contributed by atoms with Crippen LogP contribution in [0.4, 0.5) is 5.69 Å². The number of hydrogen-bond acceptors (Lipinski definition) is 5. The molecule has 1 aromatic heterocycles. The molecule has 0 saturated carbocycles. The third kappa shape index (κ3) is 3.72. The number of rotatable bonds is 4. The first-order chi connectivity index (χ1) is 12.2. The lowest BCUT2D eigenvalue weighted by Crippen LogP contribution is -2.26. The number of nitrogens with zero attached hydrogens (tertiary/aromatic N) is 1. The van der Waals surface area contributed by atoms with Gasteiger partial charge in [-0.05, 0) is 43.9 Å². The summed E-state index contributed by atoms with van der Waals surface area (Å²) in [6.07, 6.45) is 5.51. The van der Waals surface area contributed by atoms with Crippen molar-refractivity contribution in [1.82, 2.24) is 10.3 Å². The van der Waals surface area contributed by atoms with E-state index in [1.54, 1.807) is 23.5 Å². The Morgan fingerprint density at radius 1 is 1.28 bits per heavy atom. The summed E-state index contributed by atoms with van der Waals surface area (Å²) < 4.78 is 0. The zero-order valence-electron chi connectivity index (χ0n) is 13.8. The van der Waals surface area contributed by atoms with Crippen LogP contribution in [0.5, 0.6) is 0 Å². The van der Waals surface area contributed by atoms with Crippen molar-refractivity contribution in [2.75, 3.05) is 17.6 Å². The van der Waals surface area contributed by atoms with Gasteiger partial charge < -0.3 is 10.6 Å². The van der Waals surface area contributed by atoms with Gasteiger partial charge in [-0.25, -0.2) is 4.98 Å². The molecular weight excluding hydrogens is 354 g/mol. The molecule has 2 heterocycles. The molecule has 0 spiro atoms. The molecule has 1 aromatic carbocycles. The minimum Gasteiger partial charge on any atom is -0.352 e. The van der Waals surface area contributed by atoms with Gasteiger partial charge in [0.05, 0.1) is 22.1 Å². The molecule has 130 valence electrons. The maximum Gasteiger partial charge on any atom is 0.251 e. The second kappa shape index (κ2) is 7.17. The highest BCUT2D eigenvalue weighted by molar-refractivity contribution is 8.00. The molecule has 2 N–H and O–H groups in total. The fourth-order valence-electron chi connectivity index (χ4n) is 3.12. The fourth-order valence-corrected chi connectivity index (χ4v) is 5.07. The van der Waals surface area contributed by atoms with Crippen molar-refractivity contribution >= 4 is 40.6 Å². The van der Waals surface area contributed by atoms with Crippen LogP contribution in [-0.4, -0.2) is 29.1 Å². The first-order valence-corrected chi connectivity index (χ1v) is 10.3. The molecule has 2 aliphatic rings. The number of carbonyl (C=O) groups is 2. The summed E-state index contributed by atoms with van der Waals surface area (Å²) >= 11 is 3.28. The lowest BCUT2D eigenvalue weighted by Gasteiger charge is -2.16. The molecular formula is C18H19N3O2S2. The molecule has 4 rings (SSSR count). The normalized spacial score (nSPS) is 15.9. The number of amides is 2. The fraction of sp³-hybridized carbons (Fsp3) is 0.389. The van der Waals surface area contributed by atoms with Gasteiger partial charge in [0.2, 0.25) is 5.91 Å². The molecule has 2 aromatic rings. The summed E-state index contributed by atoms with van der Waals surface area (Å²) in [6.45, 7) is 0.573. The number of carbonyl (C=O) groups excluding carboxylic acids is 2. The molecule has 5 nitrogen and oxygen atoms in total. The van der Waals surface area contributed by atoms with Crippen LogP contribution in [0.2, 0.25) is 0 Å². The molecule has 7 heteroatoms. The number of aryl methyl sites for hydroxylation is 2. The van der Waals surface area contributed by atoms with Gasteiger partial charge >= 0.3 is 0 Å². The van der Waals surface area contributed by atoms with Crippen molar-refractivity contribution in [1.29, 1.82) is 0 Å². The average molecular weight is 374 g/mol. The van der Waals surface area contributed by atoms with E-state index < -0.39 is 0 Å². The van der Waals surface area contributed by atoms with Gasteiger partial charge in [-0.2, -0.15) is 0 Å². The Morgan fingerprint density at radius 2 is 2.16 bits per heavy atom. The Hall–Kier alpha value is -1.86. The van der Waals surface area contributed by atoms with E-state index in [1.165, 1.54) is 35.2 Å². The molecule has 2 amide bonds. The van der Waals surface area contributed by atoms with Crippen molar-refractivity contribution in [3.8, 4) is 0 Å². The zero-order valence-corrected chi connectivity index (χ0v) is 15.4. The van der Waals surface area contributed by atoms with E-state index in [-0.39, 0.29) is 11.8 Å². The van der Waals surface area contributed by atoms with E-state index in [4.69, 9.17) is 4.98 Å². The lowest BCUT2D eigenvalue weighted by molar-refractivity contribution is -0.113. The van der Waals surface area contributed by atoms with Crippen LogP contribution in [0.1, 0.15) is 38.8 Å². The summed E-state index contributed by atoms with van der Waals surface area (Å²) in [7, 11) is 0. The molecule has 0 fully saturated rings. The van der Waals surface area contributed by atoms with Gasteiger partial charge in [0.15, 0.2) is 0 Å². The Labute approximate surface area is 154 Å². The van der Waals surface area contributed by atoms with E-state index in [9.17, 15) is 9.59 Å². The minimum atomic E-state index is -0.117. The molecule has 0 unspecified atom stereocenters. The number of nitrogens with one attached hydrogen (secondary N) is 2. The van der Waals surface area contributed by atoms with E-state index in [1.807, 2.05) is 6.07 Å². The van der Waals surface area contributed by atoms with Crippen molar-refractivity contribution < 1.29 is 9.59 Å². The SMILES string of the molecule is O=C1CSc2ccc(C(=O)NCCc3nc4c(s3)CCCC4)cc2N1. The number of anilines is 1. The van der Waals surface area contributed by atoms with E-state index >= 15 is 0 Å². The van der Waals surface area contributed by atoms with Gasteiger partial charge in [0.1, 0.15) is 0 Å². The highest BCUT2D eigenvalue weighted by Crippen LogP contribution is 2.32. The topological polar surface area (TPSA) is 71.1 Å². The van der Waals surface area contributed by atoms with Crippen LogP contribution < -0.4 is 10.6 Å². The van der Waals surface area contributed by atoms with Gasteiger partial charge in [0, 0.05) is 28.3 Å². The first kappa shape index (κ1) is 16.6. The number of hydrogen-bond donors (Lipinski definition) is 2. The standard InChI is InChI=1S/C18H19N3O2S2/c22-16-10-24-14-6-5-11(9-13(14)20-16)18(23)19-8-7-17-21-12-3-1-2-4-15(12)25-17/h5-6,9H,1-4,7-8,10H2,(H,19,23)(H,20,22). The molecule has 0 saturated heterocycles. The number of aromatic nitrogens is 1. The zero-order chi connectivity index (χ0) is 17.2. The summed E-state index contributed by atoms with van der Waals surface area (Å²) in [5, 5.41) is 6.88. The summed E-state index contributed by atoms with van der Waals surface area (Å²) in [5.74, 6) is 0.285. The molecule has 1 aliphatic carbocycles. The van der Waals surface area contributed by atoms with Crippen LogP contribution in [-0.2, 0) is 24.1 Å². The average Bonchev–Trinajstić information content (AvgIpc) is 3.03. The first-order valence-electron chi connectivity index (χ1n) is 8.51. The Balaban J connectivity index is 1.35. The quantitative estimate of drug-likeness (QED) is 0.864. The van der Waals surface area contributed by atoms with Crippen LogP contribution >= 0.6 is 23.1 Å². The Morgan fingerprint density at radius 3 is 3.04 bits per heavy atom. The third-order valence-electron chi connectivity index (χ3n) is 4.39. The highest BCUT2D eigenvalue weighted by Gasteiger charge is 2.18. The van der Waals surface area contributed by atoms with E-state index in [0.717, 1.165) is 34.9 Å². The third-order valence-corrected chi connectivity index (χ3v) is 6.68. The predicted octanol–water partition coefficient (Wildman–Crippen LogP) is 3.04. The van der Waals surface area contributed by atoms with Crippen molar-refractivity contribution in [3.63, 3.8) is 0 Å². The second-order valence-corrected chi connectivity index (χ2v) is 8.42. The van der Waals surface area contributed by atoms with E-state index in [2.05, 4.69) is 10.6 Å². The molecule has 0 bridgehead atoms. The van der Waals surface area contributed by atoms with E-state index in [0.29, 0.717) is 17.9 Å². The molecule has 0 radical (unpaired) electrons. The van der Waals surface area contributed by atoms with Gasteiger partial charge in [-0.15, -0.1) is 23.1 Å². The Bertz CT molecular complexity index is 808. The number of thiazole rings is 1. The lowest BCUT2D eigenvalue weighted by atomic mass is 10.0. The second-order valence-electron chi connectivity index (χ2n) is 6.24. The van der Waals surface area contributed by atoms with Crippen LogP contribution in [0.15, 0.2) is 23.1 Å². The van der Waals surface area contributed by atoms with Crippen LogP contribution in [0.3, 0.4) is 0 Å². The van der Waals surface area contributed by atoms with Gasteiger partial charge in [0.25, 0.3) is 5.91 Å². The maximum absolute atomic E-state index is 12.3. The summed E-state index contributed by atoms with van der Waals surface area (Å²) in [4.78, 5) is 31.0. The largest absolute Gasteiger partial charge is 0.352 e. The summed E-state index contributed by atoms with van der Waals surface area (Å²) in [5.41, 5.74) is 2.56. The monoisotopic (exact) mass is 373 g/mol. The Kier molecular flexibility index (Phi) is 4.76. The predicted molar refractivity (Wildman–Crippen MR) is 101 cm³/mol. The van der Waals surface area contributed by atoms with Gasteiger partial charge in [-0.3, -0.25) is 9.59 Å². The van der Waals surface area contributed by atoms with Crippen LogP contribution in [0, 0.1) is 0 Å². The molecule has 0 atom stereocenters. The van der Waals surface area contributed by atoms with Crippen molar-refractivity contribution in [2.24, 2.45) is 0 Å². The summed E-state index contributed by atoms with van der Waals surface area (Å²) in [6, 6.07) is 5.45. The van der Waals surface area contributed by atoms with Gasteiger partial charge in [-0.1, -0.05) is 0 Å². The minimum absolute atomic E-state index is 0.0252. The maximum atomic E-state index is 12.3. The molecule has 1 aliphatic heterocycles. The van der Waals surface area contributed by atoms with Crippen LogP contribution in [0.25, 0.3) is 0 Å². The molecule has 25 heavy (non-hydrogen) atoms. The highest BCUT2D eigenvalue weighted by atomic mass is 32.2. The van der Waals surface area contributed by atoms with Crippen molar-refractivity contribution in [2.45, 2.75) is 37.0 Å².